The summed E-state index contributed by atoms with van der Waals surface area (Å²) in [5.74, 6) is -0.493. The van der Waals surface area contributed by atoms with E-state index in [4.69, 9.17) is 15.5 Å². The van der Waals surface area contributed by atoms with Crippen LogP contribution < -0.4 is 5.32 Å². The van der Waals surface area contributed by atoms with Gasteiger partial charge < -0.3 is 15.5 Å². The van der Waals surface area contributed by atoms with Crippen LogP contribution in [0.3, 0.4) is 0 Å². The molecule has 90 valence electrons. The molecule has 17 heavy (non-hydrogen) atoms. The maximum absolute atomic E-state index is 11.9. The minimum atomic E-state index is -1.10. The molecule has 1 amide bonds. The van der Waals surface area contributed by atoms with Crippen LogP contribution >= 0.6 is 0 Å². The molecule has 0 bridgehead atoms. The van der Waals surface area contributed by atoms with Gasteiger partial charge in [0.25, 0.3) is 5.91 Å². The summed E-state index contributed by atoms with van der Waals surface area (Å²) < 4.78 is 0. The van der Waals surface area contributed by atoms with Crippen molar-refractivity contribution in [1.29, 1.82) is 5.26 Å². The number of amides is 1. The van der Waals surface area contributed by atoms with Gasteiger partial charge in [0.1, 0.15) is 0 Å². The number of hydrogen-bond donors (Lipinski definition) is 3. The lowest BCUT2D eigenvalue weighted by Crippen LogP contribution is -2.51. The van der Waals surface area contributed by atoms with Crippen LogP contribution in [0.4, 0.5) is 0 Å². The third-order valence-corrected chi connectivity index (χ3v) is 2.41. The first-order valence-corrected chi connectivity index (χ1v) is 5.09. The van der Waals surface area contributed by atoms with Crippen molar-refractivity contribution in [3.63, 3.8) is 0 Å². The van der Waals surface area contributed by atoms with Crippen molar-refractivity contribution in [2.24, 2.45) is 0 Å². The van der Waals surface area contributed by atoms with Crippen LogP contribution in [-0.2, 0) is 0 Å². The van der Waals surface area contributed by atoms with Gasteiger partial charge in [-0.2, -0.15) is 5.26 Å². The number of benzene rings is 1. The predicted molar refractivity (Wildman–Crippen MR) is 61.2 cm³/mol. The minimum Gasteiger partial charge on any atom is -0.394 e. The van der Waals surface area contributed by atoms with Crippen molar-refractivity contribution in [3.05, 3.63) is 35.4 Å². The SMILES string of the molecule is CC(CO)(CO)NC(=O)c1ccccc1C#N. The second kappa shape index (κ2) is 5.43. The molecule has 0 saturated carbocycles. The molecule has 0 atom stereocenters. The van der Waals surface area contributed by atoms with Crippen LogP contribution in [0.15, 0.2) is 24.3 Å². The van der Waals surface area contributed by atoms with Crippen molar-refractivity contribution in [2.75, 3.05) is 13.2 Å². The van der Waals surface area contributed by atoms with Crippen molar-refractivity contribution in [1.82, 2.24) is 5.32 Å². The highest BCUT2D eigenvalue weighted by molar-refractivity contribution is 5.97. The van der Waals surface area contributed by atoms with Gasteiger partial charge in [0.05, 0.1) is 35.9 Å². The fraction of sp³-hybridized carbons (Fsp3) is 0.333. The maximum Gasteiger partial charge on any atom is 0.253 e. The van der Waals surface area contributed by atoms with Crippen molar-refractivity contribution < 1.29 is 15.0 Å². The lowest BCUT2D eigenvalue weighted by Gasteiger charge is -2.26. The lowest BCUT2D eigenvalue weighted by atomic mass is 10.0. The normalized spacial score (nSPS) is 10.7. The van der Waals surface area contributed by atoms with Crippen LogP contribution in [0.2, 0.25) is 0 Å². The molecule has 5 heteroatoms. The Kier molecular flexibility index (Phi) is 4.21. The largest absolute Gasteiger partial charge is 0.394 e. The first-order chi connectivity index (χ1) is 8.06. The van der Waals surface area contributed by atoms with E-state index < -0.39 is 11.4 Å². The zero-order valence-corrected chi connectivity index (χ0v) is 9.47. The average Bonchev–Trinajstić information content (AvgIpc) is 2.38. The topological polar surface area (TPSA) is 93.3 Å². The van der Waals surface area contributed by atoms with Gasteiger partial charge in [-0.1, -0.05) is 12.1 Å². The van der Waals surface area contributed by atoms with Gasteiger partial charge >= 0.3 is 0 Å². The zero-order chi connectivity index (χ0) is 12.9. The van der Waals surface area contributed by atoms with Crippen LogP contribution in [0, 0.1) is 11.3 Å². The molecule has 0 fully saturated rings. The number of nitriles is 1. The van der Waals surface area contributed by atoms with E-state index in [9.17, 15) is 4.79 Å². The third-order valence-electron chi connectivity index (χ3n) is 2.41. The number of nitrogens with one attached hydrogen (secondary N) is 1. The van der Waals surface area contributed by atoms with Crippen molar-refractivity contribution in [2.45, 2.75) is 12.5 Å². The van der Waals surface area contributed by atoms with E-state index in [1.54, 1.807) is 12.1 Å². The Morgan fingerprint density at radius 2 is 2.00 bits per heavy atom. The second-order valence-corrected chi connectivity index (χ2v) is 3.99. The van der Waals surface area contributed by atoms with E-state index in [0.29, 0.717) is 0 Å². The Bertz CT molecular complexity index is 447. The quantitative estimate of drug-likeness (QED) is 0.685. The Morgan fingerprint density at radius 3 is 2.53 bits per heavy atom. The molecule has 1 aromatic rings. The standard InChI is InChI=1S/C12H14N2O3/c1-12(7-15,8-16)14-11(17)10-5-3-2-4-9(10)6-13/h2-5,15-16H,7-8H2,1H3,(H,14,17). The van der Waals surface area contributed by atoms with Gasteiger partial charge in [-0.3, -0.25) is 4.79 Å². The Hall–Kier alpha value is -1.90. The van der Waals surface area contributed by atoms with E-state index in [-0.39, 0.29) is 24.3 Å². The average molecular weight is 234 g/mol. The number of nitrogens with zero attached hydrogens (tertiary/aromatic N) is 1. The first-order valence-electron chi connectivity index (χ1n) is 5.09. The molecule has 0 unspecified atom stereocenters. The summed E-state index contributed by atoms with van der Waals surface area (Å²) in [6, 6.07) is 8.26. The number of aliphatic hydroxyl groups is 2. The van der Waals surface area contributed by atoms with E-state index in [2.05, 4.69) is 5.32 Å². The number of carbonyl (C=O) groups excluding carboxylic acids is 1. The lowest BCUT2D eigenvalue weighted by molar-refractivity contribution is 0.0723. The molecular formula is C12H14N2O3. The molecular weight excluding hydrogens is 220 g/mol. The van der Waals surface area contributed by atoms with Gasteiger partial charge in [0, 0.05) is 0 Å². The maximum atomic E-state index is 11.9. The van der Waals surface area contributed by atoms with E-state index >= 15 is 0 Å². The summed E-state index contributed by atoms with van der Waals surface area (Å²) in [4.78, 5) is 11.9. The zero-order valence-electron chi connectivity index (χ0n) is 9.47. The van der Waals surface area contributed by atoms with E-state index in [1.807, 2.05) is 6.07 Å². The highest BCUT2D eigenvalue weighted by atomic mass is 16.3. The Balaban J connectivity index is 2.95. The highest BCUT2D eigenvalue weighted by Crippen LogP contribution is 2.09. The first kappa shape index (κ1) is 13.2. The molecule has 0 saturated heterocycles. The minimum absolute atomic E-state index is 0.225. The number of hydrogen-bond acceptors (Lipinski definition) is 4. The summed E-state index contributed by atoms with van der Waals surface area (Å²) >= 11 is 0. The molecule has 0 spiro atoms. The second-order valence-electron chi connectivity index (χ2n) is 3.99. The van der Waals surface area contributed by atoms with E-state index in [1.165, 1.54) is 19.1 Å². The van der Waals surface area contributed by atoms with Crippen LogP contribution in [0.1, 0.15) is 22.8 Å². The van der Waals surface area contributed by atoms with Crippen LogP contribution in [0.5, 0.6) is 0 Å². The van der Waals surface area contributed by atoms with Crippen molar-refractivity contribution >= 4 is 5.91 Å². The van der Waals surface area contributed by atoms with Gasteiger partial charge in [0.2, 0.25) is 0 Å². The van der Waals surface area contributed by atoms with Crippen LogP contribution in [-0.4, -0.2) is 34.9 Å². The molecule has 0 aliphatic carbocycles. The van der Waals surface area contributed by atoms with Gasteiger partial charge in [-0.15, -0.1) is 0 Å². The molecule has 0 aliphatic rings. The molecule has 0 aliphatic heterocycles. The fourth-order valence-electron chi connectivity index (χ4n) is 1.25. The smallest absolute Gasteiger partial charge is 0.253 e. The number of rotatable bonds is 4. The molecule has 1 aromatic carbocycles. The molecule has 1 rings (SSSR count). The predicted octanol–water partition coefficient (Wildman–Crippen LogP) is 0.0314. The van der Waals surface area contributed by atoms with Gasteiger partial charge in [0.15, 0.2) is 0 Å². The van der Waals surface area contributed by atoms with Crippen LogP contribution in [0.25, 0.3) is 0 Å². The molecule has 0 heterocycles. The third kappa shape index (κ3) is 3.03. The van der Waals surface area contributed by atoms with Crippen molar-refractivity contribution in [3.8, 4) is 6.07 Å². The molecule has 0 radical (unpaired) electrons. The summed E-state index contributed by atoms with van der Waals surface area (Å²) in [6.07, 6.45) is 0. The fourth-order valence-corrected chi connectivity index (χ4v) is 1.25. The molecule has 5 nitrogen and oxygen atoms in total. The van der Waals surface area contributed by atoms with Gasteiger partial charge in [-0.05, 0) is 19.1 Å². The summed E-state index contributed by atoms with van der Waals surface area (Å²) in [5.41, 5.74) is -0.619. The Labute approximate surface area is 99.3 Å². The Morgan fingerprint density at radius 1 is 1.41 bits per heavy atom. The molecule has 0 aromatic heterocycles. The monoisotopic (exact) mass is 234 g/mol. The highest BCUT2D eigenvalue weighted by Gasteiger charge is 2.25. The van der Waals surface area contributed by atoms with E-state index in [0.717, 1.165) is 0 Å². The number of carbonyl (C=O) groups is 1. The van der Waals surface area contributed by atoms with Gasteiger partial charge in [-0.25, -0.2) is 0 Å². The number of aliphatic hydroxyl groups excluding tert-OH is 2. The summed E-state index contributed by atoms with van der Waals surface area (Å²) in [6.45, 7) is 0.744. The summed E-state index contributed by atoms with van der Waals surface area (Å²) in [5, 5.41) is 29.5. The summed E-state index contributed by atoms with van der Waals surface area (Å²) in [7, 11) is 0. The molecule has 3 N–H and O–H groups in total.